The molecule has 1 aromatic rings. The van der Waals surface area contributed by atoms with Gasteiger partial charge in [-0.1, -0.05) is 0 Å². The maximum Gasteiger partial charge on any atom is 0.253 e. The second-order valence-corrected chi connectivity index (χ2v) is 4.93. The van der Waals surface area contributed by atoms with E-state index in [-0.39, 0.29) is 5.91 Å². The van der Waals surface area contributed by atoms with Gasteiger partial charge in [0.25, 0.3) is 5.91 Å². The van der Waals surface area contributed by atoms with Crippen LogP contribution in [-0.4, -0.2) is 41.2 Å². The van der Waals surface area contributed by atoms with Crippen LogP contribution >= 0.6 is 0 Å². The molecule has 1 aliphatic rings. The van der Waals surface area contributed by atoms with Crippen molar-refractivity contribution in [3.8, 4) is 5.75 Å². The predicted octanol–water partition coefficient (Wildman–Crippen LogP) is 1.68. The minimum absolute atomic E-state index is 0.0316. The van der Waals surface area contributed by atoms with Gasteiger partial charge in [-0.2, -0.15) is 0 Å². The molecule has 4 heteroatoms. The van der Waals surface area contributed by atoms with Gasteiger partial charge in [0.2, 0.25) is 0 Å². The minimum Gasteiger partial charge on any atom is -0.494 e. The number of β-amino-alcohol motifs (C(OH)–C–C–N with tert-alkyl or cyclic N) is 1. The Bertz CT molecular complexity index is 425. The first kappa shape index (κ1) is 12.9. The van der Waals surface area contributed by atoms with E-state index in [0.717, 1.165) is 5.75 Å². The summed E-state index contributed by atoms with van der Waals surface area (Å²) in [6, 6.07) is 7.12. The highest BCUT2D eigenvalue weighted by Crippen LogP contribution is 2.22. The van der Waals surface area contributed by atoms with Crippen LogP contribution in [0.15, 0.2) is 24.3 Å². The Morgan fingerprint density at radius 3 is 2.61 bits per heavy atom. The number of carbonyl (C=O) groups excluding carboxylic acids is 1. The van der Waals surface area contributed by atoms with Crippen molar-refractivity contribution in [2.24, 2.45) is 0 Å². The highest BCUT2D eigenvalue weighted by Gasteiger charge is 2.34. The molecule has 1 aromatic carbocycles. The number of hydrogen-bond donors (Lipinski definition) is 1. The van der Waals surface area contributed by atoms with Gasteiger partial charge in [0, 0.05) is 18.7 Å². The van der Waals surface area contributed by atoms with Crippen LogP contribution in [0.2, 0.25) is 0 Å². The normalized spacial score (nSPS) is 23.2. The van der Waals surface area contributed by atoms with Gasteiger partial charge in [0.05, 0.1) is 12.2 Å². The summed E-state index contributed by atoms with van der Waals surface area (Å²) in [5.74, 6) is 0.735. The summed E-state index contributed by atoms with van der Waals surface area (Å²) in [6.45, 7) is 5.31. The van der Waals surface area contributed by atoms with Crippen molar-refractivity contribution in [2.75, 3.05) is 19.7 Å². The smallest absolute Gasteiger partial charge is 0.253 e. The van der Waals surface area contributed by atoms with Crippen molar-refractivity contribution >= 4 is 5.91 Å². The monoisotopic (exact) mass is 249 g/mol. The van der Waals surface area contributed by atoms with Gasteiger partial charge in [0.15, 0.2) is 0 Å². The molecule has 1 heterocycles. The quantitative estimate of drug-likeness (QED) is 0.886. The summed E-state index contributed by atoms with van der Waals surface area (Å²) in [5.41, 5.74) is -0.114. The summed E-state index contributed by atoms with van der Waals surface area (Å²) in [4.78, 5) is 13.9. The average molecular weight is 249 g/mol. The number of rotatable bonds is 3. The highest BCUT2D eigenvalue weighted by molar-refractivity contribution is 5.94. The van der Waals surface area contributed by atoms with E-state index in [0.29, 0.717) is 31.7 Å². The molecule has 0 saturated carbocycles. The van der Waals surface area contributed by atoms with Gasteiger partial charge in [-0.3, -0.25) is 4.79 Å². The van der Waals surface area contributed by atoms with Crippen LogP contribution in [0.4, 0.5) is 0 Å². The number of likely N-dealkylation sites (tertiary alicyclic amines) is 1. The Morgan fingerprint density at radius 1 is 1.44 bits per heavy atom. The lowest BCUT2D eigenvalue weighted by Crippen LogP contribution is -2.33. The highest BCUT2D eigenvalue weighted by atomic mass is 16.5. The second-order valence-electron chi connectivity index (χ2n) is 4.93. The first-order valence-electron chi connectivity index (χ1n) is 6.26. The van der Waals surface area contributed by atoms with Crippen LogP contribution < -0.4 is 4.74 Å². The summed E-state index contributed by atoms with van der Waals surface area (Å²) in [6.07, 6.45) is 0.635. The molecule has 1 amide bonds. The average Bonchev–Trinajstić information content (AvgIpc) is 2.70. The number of hydrogen-bond acceptors (Lipinski definition) is 3. The molecular formula is C14H19NO3. The van der Waals surface area contributed by atoms with Gasteiger partial charge in [-0.15, -0.1) is 0 Å². The number of carbonyl (C=O) groups is 1. The number of nitrogens with zero attached hydrogens (tertiary/aromatic N) is 1. The van der Waals surface area contributed by atoms with E-state index in [1.54, 1.807) is 36.1 Å². The fourth-order valence-electron chi connectivity index (χ4n) is 2.16. The van der Waals surface area contributed by atoms with Gasteiger partial charge >= 0.3 is 0 Å². The van der Waals surface area contributed by atoms with Crippen molar-refractivity contribution < 1.29 is 14.6 Å². The van der Waals surface area contributed by atoms with Crippen LogP contribution in [0.25, 0.3) is 0 Å². The third-order valence-electron chi connectivity index (χ3n) is 3.15. The largest absolute Gasteiger partial charge is 0.494 e. The Kier molecular flexibility index (Phi) is 3.57. The number of ether oxygens (including phenoxy) is 1. The Balaban J connectivity index is 2.05. The standard InChI is InChI=1S/C14H19NO3/c1-3-18-12-6-4-11(5-7-12)13(16)15-9-8-14(2,17)10-15/h4-7,17H,3,8-10H2,1-2H3. The van der Waals surface area contributed by atoms with Crippen molar-refractivity contribution in [2.45, 2.75) is 25.9 Å². The Hall–Kier alpha value is -1.55. The molecule has 0 spiro atoms. The molecule has 4 nitrogen and oxygen atoms in total. The lowest BCUT2D eigenvalue weighted by atomic mass is 10.1. The number of benzene rings is 1. The van der Waals surface area contributed by atoms with Crippen molar-refractivity contribution in [3.05, 3.63) is 29.8 Å². The van der Waals surface area contributed by atoms with Crippen molar-refractivity contribution in [1.29, 1.82) is 0 Å². The summed E-state index contributed by atoms with van der Waals surface area (Å²) >= 11 is 0. The maximum absolute atomic E-state index is 12.2. The summed E-state index contributed by atoms with van der Waals surface area (Å²) in [7, 11) is 0. The van der Waals surface area contributed by atoms with E-state index in [9.17, 15) is 9.90 Å². The zero-order valence-corrected chi connectivity index (χ0v) is 10.8. The van der Waals surface area contributed by atoms with Gasteiger partial charge < -0.3 is 14.7 Å². The lowest BCUT2D eigenvalue weighted by molar-refractivity contribution is 0.0572. The molecule has 1 unspecified atom stereocenters. The number of amides is 1. The molecule has 98 valence electrons. The minimum atomic E-state index is -0.749. The van der Waals surface area contributed by atoms with E-state index in [4.69, 9.17) is 4.74 Å². The van der Waals surface area contributed by atoms with E-state index >= 15 is 0 Å². The molecule has 2 rings (SSSR count). The predicted molar refractivity (Wildman–Crippen MR) is 68.8 cm³/mol. The topological polar surface area (TPSA) is 49.8 Å². The number of aliphatic hydroxyl groups is 1. The molecule has 0 bridgehead atoms. The van der Waals surface area contributed by atoms with Gasteiger partial charge in [0.1, 0.15) is 5.75 Å². The van der Waals surface area contributed by atoms with Gasteiger partial charge in [-0.25, -0.2) is 0 Å². The Morgan fingerprint density at radius 2 is 2.11 bits per heavy atom. The molecule has 0 radical (unpaired) electrons. The van der Waals surface area contributed by atoms with E-state index in [2.05, 4.69) is 0 Å². The third-order valence-corrected chi connectivity index (χ3v) is 3.15. The van der Waals surface area contributed by atoms with Gasteiger partial charge in [-0.05, 0) is 44.5 Å². The zero-order valence-electron chi connectivity index (χ0n) is 10.8. The van der Waals surface area contributed by atoms with Crippen molar-refractivity contribution in [3.63, 3.8) is 0 Å². The van der Waals surface area contributed by atoms with Crippen LogP contribution in [0, 0.1) is 0 Å². The van der Waals surface area contributed by atoms with E-state index in [1.807, 2.05) is 6.92 Å². The SMILES string of the molecule is CCOc1ccc(C(=O)N2CCC(C)(O)C2)cc1. The summed E-state index contributed by atoms with van der Waals surface area (Å²) in [5, 5.41) is 9.86. The molecule has 1 fully saturated rings. The molecule has 1 saturated heterocycles. The lowest BCUT2D eigenvalue weighted by Gasteiger charge is -2.19. The maximum atomic E-state index is 12.2. The second kappa shape index (κ2) is 4.98. The fourth-order valence-corrected chi connectivity index (χ4v) is 2.16. The zero-order chi connectivity index (χ0) is 13.2. The molecule has 1 atom stereocenters. The molecule has 18 heavy (non-hydrogen) atoms. The molecule has 1 aliphatic heterocycles. The molecular weight excluding hydrogens is 230 g/mol. The van der Waals surface area contributed by atoms with E-state index < -0.39 is 5.60 Å². The van der Waals surface area contributed by atoms with Crippen LogP contribution in [0.1, 0.15) is 30.6 Å². The molecule has 1 N–H and O–H groups in total. The fraction of sp³-hybridized carbons (Fsp3) is 0.500. The van der Waals surface area contributed by atoms with Crippen molar-refractivity contribution in [1.82, 2.24) is 4.90 Å². The van der Waals surface area contributed by atoms with Crippen LogP contribution in [0.3, 0.4) is 0 Å². The molecule has 0 aromatic heterocycles. The van der Waals surface area contributed by atoms with Crippen LogP contribution in [0.5, 0.6) is 5.75 Å². The van der Waals surface area contributed by atoms with E-state index in [1.165, 1.54) is 0 Å². The Labute approximate surface area is 107 Å². The third kappa shape index (κ3) is 2.82. The first-order chi connectivity index (χ1) is 8.52. The molecule has 0 aliphatic carbocycles. The van der Waals surface area contributed by atoms with Crippen LogP contribution in [-0.2, 0) is 0 Å². The summed E-state index contributed by atoms with van der Waals surface area (Å²) < 4.78 is 5.33. The first-order valence-corrected chi connectivity index (χ1v) is 6.26.